The number of hydrogen-bond donors (Lipinski definition) is 0. The van der Waals surface area contributed by atoms with Crippen LogP contribution in [0, 0.1) is 15.5 Å². The average Bonchev–Trinajstić information content (AvgIpc) is 2.45. The van der Waals surface area contributed by atoms with Gasteiger partial charge in [-0.2, -0.15) is 5.10 Å². The van der Waals surface area contributed by atoms with Crippen LogP contribution in [0.25, 0.3) is 0 Å². The van der Waals surface area contributed by atoms with Gasteiger partial charge in [0.25, 0.3) is 0 Å². The molecule has 1 rings (SSSR count). The summed E-state index contributed by atoms with van der Waals surface area (Å²) in [7, 11) is 0. The quantitative estimate of drug-likeness (QED) is 0.541. The van der Waals surface area contributed by atoms with Crippen molar-refractivity contribution in [3.63, 3.8) is 0 Å². The Labute approximate surface area is 96.1 Å². The zero-order chi connectivity index (χ0) is 12.3. The van der Waals surface area contributed by atoms with Crippen molar-refractivity contribution < 1.29 is 4.92 Å². The van der Waals surface area contributed by atoms with Crippen molar-refractivity contribution in [1.82, 2.24) is 9.91 Å². The predicted octanol–water partition coefficient (Wildman–Crippen LogP) is 1.56. The highest BCUT2D eigenvalue weighted by Gasteiger charge is 2.38. The van der Waals surface area contributed by atoms with Gasteiger partial charge in [0.05, 0.1) is 4.92 Å². The van der Waals surface area contributed by atoms with Crippen LogP contribution < -0.4 is 0 Å². The summed E-state index contributed by atoms with van der Waals surface area (Å²) in [6.07, 6.45) is 1.60. The third-order valence-electron chi connectivity index (χ3n) is 2.21. The molecule has 0 aromatic rings. The van der Waals surface area contributed by atoms with Gasteiger partial charge < -0.3 is 0 Å². The molecule has 0 amide bonds. The predicted molar refractivity (Wildman–Crippen MR) is 62.4 cm³/mol. The first-order chi connectivity index (χ1) is 7.35. The van der Waals surface area contributed by atoms with Crippen molar-refractivity contribution in [1.29, 1.82) is 0 Å². The van der Waals surface area contributed by atoms with Crippen LogP contribution >= 0.6 is 0 Å². The van der Waals surface area contributed by atoms with Gasteiger partial charge in [0.1, 0.15) is 6.34 Å². The molecule has 1 aliphatic rings. The van der Waals surface area contributed by atoms with E-state index in [1.54, 1.807) is 11.2 Å². The normalized spacial score (nSPS) is 20.6. The summed E-state index contributed by atoms with van der Waals surface area (Å²) in [4.78, 5) is 12.4. The Morgan fingerprint density at radius 3 is 2.56 bits per heavy atom. The van der Waals surface area contributed by atoms with Crippen LogP contribution in [0.5, 0.6) is 0 Å². The molecule has 1 aliphatic heterocycles. The molecule has 0 aromatic carbocycles. The van der Waals surface area contributed by atoms with Gasteiger partial charge >= 0.3 is 6.29 Å². The van der Waals surface area contributed by atoms with Gasteiger partial charge in [0, 0.05) is 13.1 Å². The molecule has 6 nitrogen and oxygen atoms in total. The molecule has 0 aromatic heterocycles. The van der Waals surface area contributed by atoms with E-state index in [0.717, 1.165) is 6.42 Å². The van der Waals surface area contributed by atoms with Gasteiger partial charge in [0.15, 0.2) is 0 Å². The lowest BCUT2D eigenvalue weighted by molar-refractivity contribution is -0.571. The van der Waals surface area contributed by atoms with Crippen molar-refractivity contribution in [3.05, 3.63) is 10.1 Å². The van der Waals surface area contributed by atoms with Crippen LogP contribution in [0.2, 0.25) is 0 Å². The minimum Gasteiger partial charge on any atom is -0.278 e. The first-order valence-electron chi connectivity index (χ1n) is 5.55. The molecule has 1 atom stereocenters. The standard InChI is InChI=1S/C10H20N4O2/c1-5-6-13-9(14(15)16)12(8-11-13)7-10(2,3)4/h8-9H,5-7H2,1-4H3. The van der Waals surface area contributed by atoms with E-state index in [1.165, 1.54) is 5.01 Å². The van der Waals surface area contributed by atoms with E-state index >= 15 is 0 Å². The lowest BCUT2D eigenvalue weighted by Gasteiger charge is -2.28. The molecular formula is C10H20N4O2. The van der Waals surface area contributed by atoms with E-state index in [2.05, 4.69) is 25.9 Å². The maximum atomic E-state index is 11.0. The van der Waals surface area contributed by atoms with Crippen LogP contribution in [0.3, 0.4) is 0 Å². The number of hydrazone groups is 1. The van der Waals surface area contributed by atoms with E-state index in [9.17, 15) is 10.1 Å². The van der Waals surface area contributed by atoms with Gasteiger partial charge in [-0.1, -0.05) is 27.7 Å². The van der Waals surface area contributed by atoms with E-state index < -0.39 is 6.29 Å². The number of hydrogen-bond acceptors (Lipinski definition) is 5. The first-order valence-corrected chi connectivity index (χ1v) is 5.55. The molecule has 1 unspecified atom stereocenters. The molecule has 6 heteroatoms. The van der Waals surface area contributed by atoms with Crippen molar-refractivity contribution in [2.75, 3.05) is 13.1 Å². The third kappa shape index (κ3) is 3.08. The highest BCUT2D eigenvalue weighted by Crippen LogP contribution is 2.21. The second-order valence-electron chi connectivity index (χ2n) is 5.26. The molecule has 1 heterocycles. The molecule has 16 heavy (non-hydrogen) atoms. The Kier molecular flexibility index (Phi) is 3.72. The van der Waals surface area contributed by atoms with Crippen LogP contribution in [0.15, 0.2) is 5.10 Å². The molecule has 0 radical (unpaired) electrons. The maximum absolute atomic E-state index is 11.0. The van der Waals surface area contributed by atoms with E-state index in [0.29, 0.717) is 13.1 Å². The van der Waals surface area contributed by atoms with Gasteiger partial charge in [-0.25, -0.2) is 5.01 Å². The average molecular weight is 228 g/mol. The van der Waals surface area contributed by atoms with Crippen LogP contribution in [0.4, 0.5) is 0 Å². The van der Waals surface area contributed by atoms with E-state index in [-0.39, 0.29) is 10.3 Å². The monoisotopic (exact) mass is 228 g/mol. The van der Waals surface area contributed by atoms with Crippen molar-refractivity contribution in [2.24, 2.45) is 10.5 Å². The SMILES string of the molecule is CCCN1N=CN(CC(C)(C)C)C1[N+](=O)[O-]. The smallest absolute Gasteiger partial charge is 0.278 e. The number of nitro groups is 1. The maximum Gasteiger partial charge on any atom is 0.383 e. The van der Waals surface area contributed by atoms with Gasteiger partial charge in [-0.15, -0.1) is 0 Å². The molecular weight excluding hydrogens is 208 g/mol. The van der Waals surface area contributed by atoms with Crippen molar-refractivity contribution >= 4 is 6.34 Å². The zero-order valence-electron chi connectivity index (χ0n) is 10.4. The van der Waals surface area contributed by atoms with E-state index in [4.69, 9.17) is 0 Å². The van der Waals surface area contributed by atoms with Crippen molar-refractivity contribution in [3.8, 4) is 0 Å². The second-order valence-corrected chi connectivity index (χ2v) is 5.26. The first kappa shape index (κ1) is 12.7. The Balaban J connectivity index is 2.72. The molecule has 0 spiro atoms. The lowest BCUT2D eigenvalue weighted by atomic mass is 9.96. The van der Waals surface area contributed by atoms with Crippen LogP contribution in [-0.2, 0) is 0 Å². The Hall–Kier alpha value is -1.33. The summed E-state index contributed by atoms with van der Waals surface area (Å²) in [5.74, 6) is 0. The third-order valence-corrected chi connectivity index (χ3v) is 2.21. The van der Waals surface area contributed by atoms with Crippen LogP contribution in [0.1, 0.15) is 34.1 Å². The fourth-order valence-electron chi connectivity index (χ4n) is 1.73. The molecule has 0 fully saturated rings. The second kappa shape index (κ2) is 4.67. The molecule has 0 bridgehead atoms. The highest BCUT2D eigenvalue weighted by molar-refractivity contribution is 5.56. The minimum atomic E-state index is -0.834. The summed E-state index contributed by atoms with van der Waals surface area (Å²) < 4.78 is 0. The zero-order valence-corrected chi connectivity index (χ0v) is 10.4. The summed E-state index contributed by atoms with van der Waals surface area (Å²) in [6.45, 7) is 9.39. The van der Waals surface area contributed by atoms with Gasteiger partial charge in [0.2, 0.25) is 0 Å². The van der Waals surface area contributed by atoms with Crippen LogP contribution in [-0.4, -0.2) is 40.5 Å². The van der Waals surface area contributed by atoms with E-state index in [1.807, 2.05) is 6.92 Å². The molecule has 92 valence electrons. The van der Waals surface area contributed by atoms with Crippen molar-refractivity contribution in [2.45, 2.75) is 40.4 Å². The summed E-state index contributed by atoms with van der Waals surface area (Å²) >= 11 is 0. The Bertz CT molecular complexity index is 285. The summed E-state index contributed by atoms with van der Waals surface area (Å²) in [5, 5.41) is 16.6. The highest BCUT2D eigenvalue weighted by atomic mass is 16.6. The lowest BCUT2D eigenvalue weighted by Crippen LogP contribution is -2.48. The molecule has 0 saturated carbocycles. The Morgan fingerprint density at radius 1 is 1.50 bits per heavy atom. The Morgan fingerprint density at radius 2 is 2.12 bits per heavy atom. The minimum absolute atomic E-state index is 0.0164. The number of rotatable bonds is 4. The number of nitrogens with zero attached hydrogens (tertiary/aromatic N) is 4. The molecule has 0 aliphatic carbocycles. The molecule has 0 N–H and O–H groups in total. The summed E-state index contributed by atoms with van der Waals surface area (Å²) in [6, 6.07) is 0. The largest absolute Gasteiger partial charge is 0.383 e. The fourth-order valence-corrected chi connectivity index (χ4v) is 1.73. The topological polar surface area (TPSA) is 62.0 Å². The fraction of sp³-hybridized carbons (Fsp3) is 0.900. The van der Waals surface area contributed by atoms with Gasteiger partial charge in [-0.05, 0) is 11.8 Å². The van der Waals surface area contributed by atoms with Gasteiger partial charge in [-0.3, -0.25) is 15.0 Å². The molecule has 0 saturated heterocycles. The summed E-state index contributed by atoms with van der Waals surface area (Å²) in [5.41, 5.74) is 0.0164.